The summed E-state index contributed by atoms with van der Waals surface area (Å²) in [6.45, 7) is 8.34. The van der Waals surface area contributed by atoms with Gasteiger partial charge in [-0.3, -0.25) is 4.79 Å². The van der Waals surface area contributed by atoms with E-state index < -0.39 is 28.5 Å². The van der Waals surface area contributed by atoms with Gasteiger partial charge in [0.25, 0.3) is 5.91 Å². The number of benzene rings is 1. The van der Waals surface area contributed by atoms with Crippen molar-refractivity contribution in [3.8, 4) is 5.75 Å². The summed E-state index contributed by atoms with van der Waals surface area (Å²) in [5.41, 5.74) is 2.34. The lowest BCUT2D eigenvalue weighted by Crippen LogP contribution is -2.40. The minimum absolute atomic E-state index is 0.0622. The molecular formula is C23H31N3O7S. The van der Waals surface area contributed by atoms with Crippen LogP contribution in [0.3, 0.4) is 0 Å². The molecule has 1 saturated heterocycles. The van der Waals surface area contributed by atoms with Gasteiger partial charge in [-0.1, -0.05) is 0 Å². The molecule has 0 aliphatic carbocycles. The van der Waals surface area contributed by atoms with Gasteiger partial charge in [-0.25, -0.2) is 13.2 Å². The van der Waals surface area contributed by atoms with Crippen LogP contribution >= 0.6 is 0 Å². The van der Waals surface area contributed by atoms with E-state index in [0.717, 1.165) is 11.4 Å². The standard InChI is InChI=1S/C23H31N3O7S/c1-15(2)26-16(3)12-19(17(26)4)23(28)33-14-22(27)24-18-6-7-20(31-5)21(13-18)34(29,30)25-8-10-32-11-9-25/h6-7,12-13,15H,8-11,14H2,1-5H3,(H,24,27). The van der Waals surface area contributed by atoms with E-state index in [0.29, 0.717) is 18.8 Å². The zero-order valence-electron chi connectivity index (χ0n) is 20.1. The van der Waals surface area contributed by atoms with Crippen LogP contribution in [-0.4, -0.2) is 69.2 Å². The molecule has 0 atom stereocenters. The lowest BCUT2D eigenvalue weighted by Gasteiger charge is -2.26. The van der Waals surface area contributed by atoms with Crippen LogP contribution in [0.5, 0.6) is 5.75 Å². The number of amides is 1. The number of aryl methyl sites for hydroxylation is 1. The fourth-order valence-corrected chi connectivity index (χ4v) is 5.66. The Morgan fingerprint density at radius 3 is 2.41 bits per heavy atom. The van der Waals surface area contributed by atoms with Crippen molar-refractivity contribution in [2.24, 2.45) is 0 Å². The predicted molar refractivity (Wildman–Crippen MR) is 126 cm³/mol. The maximum absolute atomic E-state index is 13.1. The van der Waals surface area contributed by atoms with E-state index in [4.69, 9.17) is 14.2 Å². The first-order valence-corrected chi connectivity index (χ1v) is 12.4. The van der Waals surface area contributed by atoms with Crippen molar-refractivity contribution in [1.29, 1.82) is 0 Å². The molecule has 10 nitrogen and oxygen atoms in total. The summed E-state index contributed by atoms with van der Waals surface area (Å²) in [6, 6.07) is 6.24. The Labute approximate surface area is 199 Å². The second-order valence-corrected chi connectivity index (χ2v) is 10.2. The summed E-state index contributed by atoms with van der Waals surface area (Å²) >= 11 is 0. The highest BCUT2D eigenvalue weighted by Crippen LogP contribution is 2.30. The normalized spacial score (nSPS) is 14.8. The minimum Gasteiger partial charge on any atom is -0.495 e. The molecular weight excluding hydrogens is 462 g/mol. The fourth-order valence-electron chi connectivity index (χ4n) is 4.07. The molecule has 1 aliphatic heterocycles. The number of hydrogen-bond acceptors (Lipinski definition) is 7. The third kappa shape index (κ3) is 5.43. The van der Waals surface area contributed by atoms with Gasteiger partial charge in [0.2, 0.25) is 10.0 Å². The number of morpholine rings is 1. The molecule has 1 aliphatic rings. The second-order valence-electron chi connectivity index (χ2n) is 8.25. The summed E-state index contributed by atoms with van der Waals surface area (Å²) in [5, 5.41) is 2.58. The maximum Gasteiger partial charge on any atom is 0.340 e. The Kier molecular flexibility index (Phi) is 8.01. The monoisotopic (exact) mass is 493 g/mol. The van der Waals surface area contributed by atoms with E-state index in [1.54, 1.807) is 6.07 Å². The van der Waals surface area contributed by atoms with Gasteiger partial charge in [0.05, 0.1) is 25.9 Å². The molecule has 34 heavy (non-hydrogen) atoms. The highest BCUT2D eigenvalue weighted by molar-refractivity contribution is 7.89. The Balaban J connectivity index is 1.70. The van der Waals surface area contributed by atoms with Crippen LogP contribution in [0.15, 0.2) is 29.2 Å². The topological polar surface area (TPSA) is 116 Å². The van der Waals surface area contributed by atoms with Crippen LogP contribution in [-0.2, 0) is 24.3 Å². The molecule has 2 aromatic rings. The number of methoxy groups -OCH3 is 1. The van der Waals surface area contributed by atoms with Crippen LogP contribution in [0.2, 0.25) is 0 Å². The summed E-state index contributed by atoms with van der Waals surface area (Å²) in [4.78, 5) is 24.9. The number of sulfonamides is 1. The van der Waals surface area contributed by atoms with Crippen LogP contribution in [0, 0.1) is 13.8 Å². The summed E-state index contributed by atoms with van der Waals surface area (Å²) in [6.07, 6.45) is 0. The zero-order valence-corrected chi connectivity index (χ0v) is 20.9. The average molecular weight is 494 g/mol. The molecule has 1 N–H and O–H groups in total. The summed E-state index contributed by atoms with van der Waals surface area (Å²) in [7, 11) is -2.47. The van der Waals surface area contributed by atoms with Crippen LogP contribution < -0.4 is 10.1 Å². The molecule has 0 radical (unpaired) electrons. The molecule has 0 saturated carbocycles. The predicted octanol–water partition coefficient (Wildman–Crippen LogP) is 2.51. The van der Waals surface area contributed by atoms with Crippen LogP contribution in [0.4, 0.5) is 5.69 Å². The molecule has 0 spiro atoms. The summed E-state index contributed by atoms with van der Waals surface area (Å²) in [5.74, 6) is -1.03. The highest BCUT2D eigenvalue weighted by atomic mass is 32.2. The van der Waals surface area contributed by atoms with Crippen LogP contribution in [0.25, 0.3) is 0 Å². The molecule has 3 rings (SSSR count). The number of carbonyl (C=O) groups is 2. The van der Waals surface area contributed by atoms with Crippen molar-refractivity contribution in [2.45, 2.75) is 38.6 Å². The number of ether oxygens (including phenoxy) is 3. The fraction of sp³-hybridized carbons (Fsp3) is 0.478. The quantitative estimate of drug-likeness (QED) is 0.562. The molecule has 0 bridgehead atoms. The Bertz CT molecular complexity index is 1170. The van der Waals surface area contributed by atoms with Crippen molar-refractivity contribution in [2.75, 3.05) is 45.3 Å². The summed E-state index contributed by atoms with van der Waals surface area (Å²) < 4.78 is 45.2. The van der Waals surface area contributed by atoms with Crippen molar-refractivity contribution in [3.63, 3.8) is 0 Å². The third-order valence-electron chi connectivity index (χ3n) is 5.59. The number of anilines is 1. The molecule has 1 amide bonds. The van der Waals surface area contributed by atoms with Crippen LogP contribution in [0.1, 0.15) is 41.6 Å². The van der Waals surface area contributed by atoms with Crippen molar-refractivity contribution >= 4 is 27.6 Å². The smallest absolute Gasteiger partial charge is 0.340 e. The highest BCUT2D eigenvalue weighted by Gasteiger charge is 2.29. The van der Waals surface area contributed by atoms with Gasteiger partial charge in [-0.15, -0.1) is 0 Å². The van der Waals surface area contributed by atoms with E-state index >= 15 is 0 Å². The first-order valence-electron chi connectivity index (χ1n) is 11.0. The molecule has 1 fully saturated rings. The van der Waals surface area contributed by atoms with Crippen molar-refractivity contribution < 1.29 is 32.2 Å². The molecule has 0 unspecified atom stereocenters. The first kappa shape index (κ1) is 25.7. The van der Waals surface area contributed by atoms with E-state index in [9.17, 15) is 18.0 Å². The number of carbonyl (C=O) groups excluding carboxylic acids is 2. The number of aromatic nitrogens is 1. The molecule has 1 aromatic heterocycles. The largest absolute Gasteiger partial charge is 0.495 e. The average Bonchev–Trinajstić information content (AvgIpc) is 3.12. The Morgan fingerprint density at radius 2 is 1.82 bits per heavy atom. The van der Waals surface area contributed by atoms with E-state index in [2.05, 4.69) is 5.32 Å². The maximum atomic E-state index is 13.1. The second kappa shape index (κ2) is 10.6. The SMILES string of the molecule is COc1ccc(NC(=O)COC(=O)c2cc(C)n(C(C)C)c2C)cc1S(=O)(=O)N1CCOCC1. The van der Waals surface area contributed by atoms with Crippen molar-refractivity contribution in [3.05, 3.63) is 41.2 Å². The zero-order chi connectivity index (χ0) is 25.0. The minimum atomic E-state index is -3.85. The third-order valence-corrected chi connectivity index (χ3v) is 7.51. The van der Waals surface area contributed by atoms with E-state index in [-0.39, 0.29) is 35.5 Å². The molecule has 1 aromatic carbocycles. The number of hydrogen-bond donors (Lipinski definition) is 1. The molecule has 11 heteroatoms. The van der Waals surface area contributed by atoms with Gasteiger partial charge >= 0.3 is 5.97 Å². The number of nitrogens with zero attached hydrogens (tertiary/aromatic N) is 2. The number of nitrogens with one attached hydrogen (secondary N) is 1. The van der Waals surface area contributed by atoms with Gasteiger partial charge in [-0.05, 0) is 52.0 Å². The van der Waals surface area contributed by atoms with E-state index in [1.165, 1.54) is 29.6 Å². The lowest BCUT2D eigenvalue weighted by molar-refractivity contribution is -0.119. The first-order chi connectivity index (χ1) is 16.1. The Morgan fingerprint density at radius 1 is 1.15 bits per heavy atom. The van der Waals surface area contributed by atoms with E-state index in [1.807, 2.05) is 32.3 Å². The van der Waals surface area contributed by atoms with Crippen molar-refractivity contribution in [1.82, 2.24) is 8.87 Å². The van der Waals surface area contributed by atoms with Gasteiger partial charge in [0, 0.05) is 36.2 Å². The van der Waals surface area contributed by atoms with Gasteiger partial charge in [-0.2, -0.15) is 4.31 Å². The molecule has 186 valence electrons. The van der Waals surface area contributed by atoms with Gasteiger partial charge in [0.15, 0.2) is 6.61 Å². The van der Waals surface area contributed by atoms with Gasteiger partial charge < -0.3 is 24.1 Å². The van der Waals surface area contributed by atoms with Gasteiger partial charge in [0.1, 0.15) is 10.6 Å². The molecule has 2 heterocycles. The Hall–Kier alpha value is -2.89. The number of esters is 1. The lowest BCUT2D eigenvalue weighted by atomic mass is 10.2. The number of rotatable bonds is 8.